The molecule has 0 spiro atoms. The maximum Gasteiger partial charge on any atom is 0.0530 e. The Morgan fingerprint density at radius 2 is 1.79 bits per heavy atom. The van der Waals surface area contributed by atoms with Gasteiger partial charge in [-0.1, -0.05) is 44.2 Å². The van der Waals surface area contributed by atoms with Crippen LogP contribution in [0.4, 0.5) is 0 Å². The molecule has 98 valence electrons. The zero-order chi connectivity index (χ0) is 13.6. The summed E-state index contributed by atoms with van der Waals surface area (Å²) in [7, 11) is 0. The van der Waals surface area contributed by atoms with Gasteiger partial charge in [-0.25, -0.2) is 0 Å². The molecule has 0 aliphatic heterocycles. The topological polar surface area (TPSA) is 4.93 Å². The Balaban J connectivity index is 2.29. The molecule has 0 bridgehead atoms. The van der Waals surface area contributed by atoms with Gasteiger partial charge >= 0.3 is 0 Å². The lowest BCUT2D eigenvalue weighted by Crippen LogP contribution is -2.16. The first kappa shape index (κ1) is 12.3. The molecule has 0 amide bonds. The van der Waals surface area contributed by atoms with Gasteiger partial charge in [0, 0.05) is 22.7 Å². The first-order valence-electron chi connectivity index (χ1n) is 7.06. The smallest absolute Gasteiger partial charge is 0.0530 e. The van der Waals surface area contributed by atoms with Crippen LogP contribution in [0.1, 0.15) is 25.1 Å². The monoisotopic (exact) mass is 251 g/mol. The zero-order valence-corrected chi connectivity index (χ0v) is 12.1. The first-order valence-corrected chi connectivity index (χ1v) is 7.06. The maximum atomic E-state index is 2.44. The van der Waals surface area contributed by atoms with Crippen LogP contribution in [0.15, 0.2) is 42.5 Å². The Morgan fingerprint density at radius 3 is 2.58 bits per heavy atom. The Labute approximate surface area is 115 Å². The molecule has 1 aromatic carbocycles. The minimum absolute atomic E-state index is 0.555. The number of aryl methyl sites for hydroxylation is 1. The molecule has 1 aliphatic carbocycles. The second kappa shape index (κ2) is 4.41. The van der Waals surface area contributed by atoms with Gasteiger partial charge in [0.15, 0.2) is 0 Å². The Kier molecular flexibility index (Phi) is 2.85. The number of hydrogen-bond donors (Lipinski definition) is 0. The molecule has 0 N–H and O–H groups in total. The molecule has 1 unspecified atom stereocenters. The number of allylic oxidation sites excluding steroid dienone is 4. The molecule has 2 atom stereocenters. The van der Waals surface area contributed by atoms with Gasteiger partial charge in [-0.3, -0.25) is 0 Å². The van der Waals surface area contributed by atoms with Gasteiger partial charge in [0.1, 0.15) is 0 Å². The molecule has 1 heterocycles. The van der Waals surface area contributed by atoms with Gasteiger partial charge in [0.05, 0.1) is 5.52 Å². The molecule has 1 nitrogen and oxygen atoms in total. The van der Waals surface area contributed by atoms with Crippen molar-refractivity contribution in [1.82, 2.24) is 4.57 Å². The van der Waals surface area contributed by atoms with Gasteiger partial charge in [0.25, 0.3) is 0 Å². The highest BCUT2D eigenvalue weighted by atomic mass is 15.0. The lowest BCUT2D eigenvalue weighted by molar-refractivity contribution is 0.549. The standard InChI is InChI=1S/C18H21N/c1-12-8-7-11-17(13(12)2)19-15(4)14(3)16-9-5-6-10-18(16)19/h5-13H,1-4H3/t12?,13-/m0/s1. The average Bonchev–Trinajstić information content (AvgIpc) is 2.67. The minimum Gasteiger partial charge on any atom is -0.317 e. The van der Waals surface area contributed by atoms with Crippen LogP contribution in [0, 0.1) is 25.7 Å². The summed E-state index contributed by atoms with van der Waals surface area (Å²) in [6.07, 6.45) is 6.76. The van der Waals surface area contributed by atoms with Gasteiger partial charge in [-0.2, -0.15) is 0 Å². The lowest BCUT2D eigenvalue weighted by atomic mass is 9.88. The Bertz CT molecular complexity index is 685. The maximum absolute atomic E-state index is 2.44. The molecular formula is C18H21N. The van der Waals surface area contributed by atoms with Gasteiger partial charge in [-0.05, 0) is 37.5 Å². The van der Waals surface area contributed by atoms with E-state index in [0.717, 1.165) is 0 Å². The second-order valence-electron chi connectivity index (χ2n) is 5.69. The molecule has 0 saturated heterocycles. The van der Waals surface area contributed by atoms with Crippen molar-refractivity contribution in [2.24, 2.45) is 11.8 Å². The second-order valence-corrected chi connectivity index (χ2v) is 5.69. The van der Waals surface area contributed by atoms with E-state index >= 15 is 0 Å². The third-order valence-corrected chi connectivity index (χ3v) is 4.62. The van der Waals surface area contributed by atoms with Crippen LogP contribution in [0.25, 0.3) is 16.6 Å². The number of hydrogen-bond acceptors (Lipinski definition) is 0. The summed E-state index contributed by atoms with van der Waals surface area (Å²) in [5.41, 5.74) is 5.50. The molecule has 0 radical (unpaired) electrons. The van der Waals surface area contributed by atoms with E-state index in [0.29, 0.717) is 11.8 Å². The third kappa shape index (κ3) is 1.76. The van der Waals surface area contributed by atoms with Crippen LogP contribution in [0.5, 0.6) is 0 Å². The number of benzene rings is 1. The van der Waals surface area contributed by atoms with Crippen LogP contribution in [-0.4, -0.2) is 4.57 Å². The molecule has 19 heavy (non-hydrogen) atoms. The normalized spacial score (nSPS) is 22.8. The molecule has 1 heteroatoms. The average molecular weight is 251 g/mol. The van der Waals surface area contributed by atoms with E-state index in [-0.39, 0.29) is 0 Å². The summed E-state index contributed by atoms with van der Waals surface area (Å²) in [6, 6.07) is 8.71. The van der Waals surface area contributed by atoms with Crippen molar-refractivity contribution >= 4 is 16.6 Å². The van der Waals surface area contributed by atoms with Crippen LogP contribution in [-0.2, 0) is 0 Å². The summed E-state index contributed by atoms with van der Waals surface area (Å²) < 4.78 is 2.44. The fourth-order valence-electron chi connectivity index (χ4n) is 3.06. The minimum atomic E-state index is 0.555. The highest BCUT2D eigenvalue weighted by Crippen LogP contribution is 2.35. The number of para-hydroxylation sites is 1. The fourth-order valence-corrected chi connectivity index (χ4v) is 3.06. The van der Waals surface area contributed by atoms with Crippen molar-refractivity contribution in [3.05, 3.63) is 53.8 Å². The largest absolute Gasteiger partial charge is 0.317 e. The Hall–Kier alpha value is -1.76. The SMILES string of the molecule is Cc1c(C)n(C2=CC=CC(C)[C@@H]2C)c2ccccc12. The molecular weight excluding hydrogens is 230 g/mol. The predicted molar refractivity (Wildman–Crippen MR) is 83.2 cm³/mol. The zero-order valence-electron chi connectivity index (χ0n) is 12.1. The predicted octanol–water partition coefficient (Wildman–Crippen LogP) is 4.94. The summed E-state index contributed by atoms with van der Waals surface area (Å²) in [5.74, 6) is 1.15. The van der Waals surface area contributed by atoms with E-state index < -0.39 is 0 Å². The van der Waals surface area contributed by atoms with Crippen molar-refractivity contribution < 1.29 is 0 Å². The number of fused-ring (bicyclic) bond motifs is 1. The van der Waals surface area contributed by atoms with Crippen LogP contribution in [0.2, 0.25) is 0 Å². The van der Waals surface area contributed by atoms with Crippen molar-refractivity contribution in [2.45, 2.75) is 27.7 Å². The number of rotatable bonds is 1. The number of nitrogens with zero attached hydrogens (tertiary/aromatic N) is 1. The van der Waals surface area contributed by atoms with Gasteiger partial charge in [0.2, 0.25) is 0 Å². The summed E-state index contributed by atoms with van der Waals surface area (Å²) in [4.78, 5) is 0. The molecule has 0 saturated carbocycles. The summed E-state index contributed by atoms with van der Waals surface area (Å²) in [6.45, 7) is 9.07. The van der Waals surface area contributed by atoms with Crippen molar-refractivity contribution in [2.75, 3.05) is 0 Å². The lowest BCUT2D eigenvalue weighted by Gasteiger charge is -2.26. The van der Waals surface area contributed by atoms with Gasteiger partial charge < -0.3 is 4.57 Å². The fraction of sp³-hybridized carbons (Fsp3) is 0.333. The van der Waals surface area contributed by atoms with E-state index in [9.17, 15) is 0 Å². The van der Waals surface area contributed by atoms with Crippen LogP contribution in [0.3, 0.4) is 0 Å². The van der Waals surface area contributed by atoms with E-state index in [1.807, 2.05) is 0 Å². The van der Waals surface area contributed by atoms with E-state index in [1.165, 1.54) is 27.9 Å². The van der Waals surface area contributed by atoms with E-state index in [4.69, 9.17) is 0 Å². The third-order valence-electron chi connectivity index (χ3n) is 4.62. The van der Waals surface area contributed by atoms with Crippen LogP contribution >= 0.6 is 0 Å². The number of aromatic nitrogens is 1. The molecule has 1 aromatic heterocycles. The highest BCUT2D eigenvalue weighted by Gasteiger charge is 2.22. The molecule has 2 aromatic rings. The quantitative estimate of drug-likeness (QED) is 0.676. The highest BCUT2D eigenvalue weighted by molar-refractivity contribution is 5.88. The van der Waals surface area contributed by atoms with E-state index in [1.54, 1.807) is 0 Å². The van der Waals surface area contributed by atoms with Gasteiger partial charge in [-0.15, -0.1) is 0 Å². The first-order chi connectivity index (χ1) is 9.11. The van der Waals surface area contributed by atoms with Crippen molar-refractivity contribution in [3.8, 4) is 0 Å². The van der Waals surface area contributed by atoms with E-state index in [2.05, 4.69) is 74.8 Å². The molecule has 3 rings (SSSR count). The summed E-state index contributed by atoms with van der Waals surface area (Å²) in [5, 5.41) is 1.37. The molecule has 0 fully saturated rings. The molecule has 1 aliphatic rings. The summed E-state index contributed by atoms with van der Waals surface area (Å²) >= 11 is 0. The van der Waals surface area contributed by atoms with Crippen molar-refractivity contribution in [3.63, 3.8) is 0 Å². The Morgan fingerprint density at radius 1 is 1.05 bits per heavy atom. The van der Waals surface area contributed by atoms with Crippen LogP contribution < -0.4 is 0 Å². The van der Waals surface area contributed by atoms with Crippen molar-refractivity contribution in [1.29, 1.82) is 0 Å².